The molecular formula is C19H15NO5. The number of nitrogens with zero attached hydrogens (tertiary/aromatic N) is 1. The monoisotopic (exact) mass is 337 g/mol. The number of nitro benzene ring substituents is 1. The van der Waals surface area contributed by atoms with Crippen molar-refractivity contribution in [1.29, 1.82) is 0 Å². The molecule has 3 aromatic rings. The maximum absolute atomic E-state index is 10.4. The molecule has 3 aromatic carbocycles. The lowest BCUT2D eigenvalue weighted by Gasteiger charge is -2.00. The molecule has 0 heterocycles. The van der Waals surface area contributed by atoms with Gasteiger partial charge in [-0.3, -0.25) is 10.1 Å². The Morgan fingerprint density at radius 2 is 1.44 bits per heavy atom. The van der Waals surface area contributed by atoms with Gasteiger partial charge in [0.15, 0.2) is 0 Å². The van der Waals surface area contributed by atoms with Gasteiger partial charge in [0.2, 0.25) is 0 Å². The summed E-state index contributed by atoms with van der Waals surface area (Å²) < 4.78 is 0. The van der Waals surface area contributed by atoms with E-state index in [9.17, 15) is 14.9 Å². The molecule has 0 saturated heterocycles. The van der Waals surface area contributed by atoms with Crippen molar-refractivity contribution in [2.24, 2.45) is 0 Å². The summed E-state index contributed by atoms with van der Waals surface area (Å²) >= 11 is 0. The molecule has 0 saturated carbocycles. The minimum atomic E-state index is -1.17. The van der Waals surface area contributed by atoms with E-state index in [1.165, 1.54) is 23.8 Å². The fourth-order valence-corrected chi connectivity index (χ4v) is 2.04. The summed E-state index contributed by atoms with van der Waals surface area (Å²) in [7, 11) is 0. The molecule has 0 unspecified atom stereocenters. The van der Waals surface area contributed by atoms with E-state index in [1.54, 1.807) is 12.1 Å². The minimum absolute atomic E-state index is 0.0794. The van der Waals surface area contributed by atoms with Crippen molar-refractivity contribution in [3.63, 3.8) is 0 Å². The quantitative estimate of drug-likeness (QED) is 0.546. The number of rotatable bonds is 3. The number of phenolic OH excluding ortho intramolecular Hbond substituents is 1. The summed E-state index contributed by atoms with van der Waals surface area (Å²) in [6.45, 7) is 0. The Kier molecular flexibility index (Phi) is 5.84. The first-order valence-corrected chi connectivity index (χ1v) is 7.29. The van der Waals surface area contributed by atoms with Crippen molar-refractivity contribution in [1.82, 2.24) is 0 Å². The fraction of sp³-hybridized carbons (Fsp3) is 0. The van der Waals surface area contributed by atoms with Crippen molar-refractivity contribution >= 4 is 11.7 Å². The van der Waals surface area contributed by atoms with E-state index in [1.807, 2.05) is 42.5 Å². The molecule has 0 bridgehead atoms. The largest absolute Gasteiger partial charge is 0.508 e. The van der Waals surface area contributed by atoms with Crippen molar-refractivity contribution in [3.8, 4) is 16.9 Å². The van der Waals surface area contributed by atoms with Crippen molar-refractivity contribution in [2.75, 3.05) is 0 Å². The number of carboxylic acids is 1. The Balaban J connectivity index is 0.000000181. The third kappa shape index (κ3) is 5.18. The van der Waals surface area contributed by atoms with Crippen LogP contribution in [0.3, 0.4) is 0 Å². The smallest absolute Gasteiger partial charge is 0.335 e. The van der Waals surface area contributed by atoms with E-state index in [-0.39, 0.29) is 11.3 Å². The van der Waals surface area contributed by atoms with Crippen LogP contribution >= 0.6 is 0 Å². The van der Waals surface area contributed by atoms with E-state index in [0.29, 0.717) is 5.75 Å². The van der Waals surface area contributed by atoms with E-state index in [0.717, 1.165) is 11.6 Å². The number of aromatic carboxylic acids is 1. The van der Waals surface area contributed by atoms with Crippen LogP contribution in [0.15, 0.2) is 78.9 Å². The normalized spacial score (nSPS) is 9.60. The lowest BCUT2D eigenvalue weighted by molar-refractivity contribution is -0.384. The average molecular weight is 337 g/mol. The SMILES string of the molecule is O=C(O)c1cccc([N+](=O)[O-])c1.Oc1ccc(-c2ccccc2)cc1. The summed E-state index contributed by atoms with van der Waals surface area (Å²) in [6.07, 6.45) is 0. The molecule has 0 aliphatic heterocycles. The maximum Gasteiger partial charge on any atom is 0.335 e. The van der Waals surface area contributed by atoms with Gasteiger partial charge >= 0.3 is 5.97 Å². The number of nitro groups is 1. The molecule has 126 valence electrons. The van der Waals surface area contributed by atoms with Gasteiger partial charge in [-0.25, -0.2) is 4.79 Å². The van der Waals surface area contributed by atoms with Crippen LogP contribution in [0.1, 0.15) is 10.4 Å². The molecule has 3 rings (SSSR count). The zero-order valence-electron chi connectivity index (χ0n) is 13.1. The van der Waals surface area contributed by atoms with E-state index < -0.39 is 10.9 Å². The van der Waals surface area contributed by atoms with E-state index in [4.69, 9.17) is 10.2 Å². The number of hydrogen-bond donors (Lipinski definition) is 2. The molecule has 0 fully saturated rings. The van der Waals surface area contributed by atoms with Gasteiger partial charge in [-0.05, 0) is 29.3 Å². The second-order valence-corrected chi connectivity index (χ2v) is 5.03. The van der Waals surface area contributed by atoms with Gasteiger partial charge in [0.05, 0.1) is 10.5 Å². The van der Waals surface area contributed by atoms with Gasteiger partial charge in [-0.2, -0.15) is 0 Å². The molecular weight excluding hydrogens is 322 g/mol. The molecule has 2 N–H and O–H groups in total. The van der Waals surface area contributed by atoms with Crippen LogP contribution < -0.4 is 0 Å². The highest BCUT2D eigenvalue weighted by atomic mass is 16.6. The standard InChI is InChI=1S/C12H10O.C7H5NO4/c13-12-8-6-11(7-9-12)10-4-2-1-3-5-10;9-7(10)5-2-1-3-6(4-5)8(11)12/h1-9,13H;1-4H,(H,9,10). The van der Waals surface area contributed by atoms with Crippen molar-refractivity contribution < 1.29 is 19.9 Å². The number of carbonyl (C=O) groups is 1. The van der Waals surface area contributed by atoms with Crippen LogP contribution in [-0.4, -0.2) is 21.1 Å². The Morgan fingerprint density at radius 1 is 0.840 bits per heavy atom. The lowest BCUT2D eigenvalue weighted by atomic mass is 10.1. The van der Waals surface area contributed by atoms with Crippen LogP contribution in [-0.2, 0) is 0 Å². The minimum Gasteiger partial charge on any atom is -0.508 e. The molecule has 0 aliphatic rings. The van der Waals surface area contributed by atoms with Crippen LogP contribution in [0, 0.1) is 10.1 Å². The number of aromatic hydroxyl groups is 1. The number of carboxylic acid groups (broad SMARTS) is 1. The second-order valence-electron chi connectivity index (χ2n) is 5.03. The molecule has 0 amide bonds. The average Bonchev–Trinajstić information content (AvgIpc) is 2.63. The summed E-state index contributed by atoms with van der Waals surface area (Å²) in [5.74, 6) is -0.863. The Hall–Kier alpha value is -3.67. The van der Waals surface area contributed by atoms with Crippen molar-refractivity contribution in [3.05, 3.63) is 94.5 Å². The van der Waals surface area contributed by atoms with Crippen LogP contribution in [0.5, 0.6) is 5.75 Å². The second kappa shape index (κ2) is 8.26. The van der Waals surface area contributed by atoms with Crippen LogP contribution in [0.2, 0.25) is 0 Å². The van der Waals surface area contributed by atoms with Gasteiger partial charge in [0.25, 0.3) is 5.69 Å². The Labute approximate surface area is 143 Å². The zero-order chi connectivity index (χ0) is 18.2. The first-order chi connectivity index (χ1) is 12.0. The van der Waals surface area contributed by atoms with Gasteiger partial charge < -0.3 is 10.2 Å². The third-order valence-corrected chi connectivity index (χ3v) is 3.28. The number of benzene rings is 3. The van der Waals surface area contributed by atoms with E-state index >= 15 is 0 Å². The summed E-state index contributed by atoms with van der Waals surface area (Å²) in [5, 5.41) is 27.8. The van der Waals surface area contributed by atoms with E-state index in [2.05, 4.69) is 0 Å². The molecule has 0 atom stereocenters. The molecule has 0 aliphatic carbocycles. The Bertz CT molecular complexity index is 831. The predicted octanol–water partition coefficient (Wildman–Crippen LogP) is 4.35. The molecule has 25 heavy (non-hydrogen) atoms. The topological polar surface area (TPSA) is 101 Å². The molecule has 0 radical (unpaired) electrons. The number of phenols is 1. The van der Waals surface area contributed by atoms with Gasteiger partial charge in [0, 0.05) is 12.1 Å². The molecule has 6 nitrogen and oxygen atoms in total. The fourth-order valence-electron chi connectivity index (χ4n) is 2.04. The molecule has 6 heteroatoms. The lowest BCUT2D eigenvalue weighted by Crippen LogP contribution is -1.97. The first kappa shape index (κ1) is 17.7. The summed E-state index contributed by atoms with van der Waals surface area (Å²) in [6, 6.07) is 22.2. The predicted molar refractivity (Wildman–Crippen MR) is 93.6 cm³/mol. The van der Waals surface area contributed by atoms with Gasteiger partial charge in [0.1, 0.15) is 5.75 Å². The third-order valence-electron chi connectivity index (χ3n) is 3.28. The van der Waals surface area contributed by atoms with Crippen molar-refractivity contribution in [2.45, 2.75) is 0 Å². The maximum atomic E-state index is 10.4. The highest BCUT2D eigenvalue weighted by Gasteiger charge is 2.09. The van der Waals surface area contributed by atoms with Crippen LogP contribution in [0.4, 0.5) is 5.69 Å². The van der Waals surface area contributed by atoms with Gasteiger partial charge in [-0.15, -0.1) is 0 Å². The van der Waals surface area contributed by atoms with Crippen LogP contribution in [0.25, 0.3) is 11.1 Å². The highest BCUT2D eigenvalue weighted by molar-refractivity contribution is 5.88. The zero-order valence-corrected chi connectivity index (χ0v) is 13.1. The van der Waals surface area contributed by atoms with Gasteiger partial charge in [-0.1, -0.05) is 48.5 Å². The molecule has 0 aromatic heterocycles. The number of hydrogen-bond acceptors (Lipinski definition) is 4. The highest BCUT2D eigenvalue weighted by Crippen LogP contribution is 2.20. The summed E-state index contributed by atoms with van der Waals surface area (Å²) in [5.41, 5.74) is 2.00. The number of non-ortho nitro benzene ring substituents is 1. The Morgan fingerprint density at radius 3 is 2.00 bits per heavy atom. The summed E-state index contributed by atoms with van der Waals surface area (Å²) in [4.78, 5) is 19.9. The first-order valence-electron chi connectivity index (χ1n) is 7.29. The molecule has 0 spiro atoms.